The minimum Gasteiger partial charge on any atom is -0.351 e. The van der Waals surface area contributed by atoms with Crippen LogP contribution in [-0.4, -0.2) is 21.9 Å². The number of aromatic nitrogens is 2. The molecule has 0 unspecified atom stereocenters. The number of anilines is 2. The van der Waals surface area contributed by atoms with Gasteiger partial charge in [-0.1, -0.05) is 31.7 Å². The van der Waals surface area contributed by atoms with E-state index in [0.717, 1.165) is 35.3 Å². The average Bonchev–Trinajstić information content (AvgIpc) is 2.82. The zero-order valence-corrected chi connectivity index (χ0v) is 15.9. The number of rotatable bonds is 4. The van der Waals surface area contributed by atoms with E-state index >= 15 is 0 Å². The molecule has 0 atom stereocenters. The molecule has 3 rings (SSSR count). The van der Waals surface area contributed by atoms with Crippen LogP contribution >= 0.6 is 0 Å². The number of hydrogen-bond donors (Lipinski definition) is 2. The molecule has 0 aliphatic heterocycles. The van der Waals surface area contributed by atoms with Crippen LogP contribution in [-0.2, 0) is 0 Å². The van der Waals surface area contributed by atoms with E-state index in [4.69, 9.17) is 0 Å². The van der Waals surface area contributed by atoms with Gasteiger partial charge in [0.05, 0.1) is 0 Å². The van der Waals surface area contributed by atoms with Crippen molar-refractivity contribution in [3.8, 4) is 0 Å². The van der Waals surface area contributed by atoms with Gasteiger partial charge in [-0.2, -0.15) is 0 Å². The molecule has 1 saturated carbocycles. The van der Waals surface area contributed by atoms with Crippen molar-refractivity contribution in [3.63, 3.8) is 0 Å². The molecule has 1 amide bonds. The number of nitrogens with one attached hydrogen (secondary N) is 2. The first-order valence-corrected chi connectivity index (χ1v) is 9.51. The Morgan fingerprint density at radius 2 is 1.58 bits per heavy atom. The smallest absolute Gasteiger partial charge is 0.274 e. The number of aryl methyl sites for hydroxylation is 3. The molecule has 0 spiro atoms. The highest BCUT2D eigenvalue weighted by Crippen LogP contribution is 2.20. The van der Waals surface area contributed by atoms with E-state index in [1.807, 2.05) is 32.9 Å². The summed E-state index contributed by atoms with van der Waals surface area (Å²) in [5.74, 6) is 0.354. The molecule has 1 heterocycles. The van der Waals surface area contributed by atoms with Gasteiger partial charge < -0.3 is 10.6 Å². The van der Waals surface area contributed by atoms with E-state index in [1.54, 1.807) is 6.07 Å². The molecular formula is C21H28N4O. The molecule has 1 aliphatic carbocycles. The van der Waals surface area contributed by atoms with Crippen LogP contribution in [0.1, 0.15) is 65.8 Å². The molecule has 26 heavy (non-hydrogen) atoms. The summed E-state index contributed by atoms with van der Waals surface area (Å²) in [5, 5.41) is 6.39. The first-order valence-electron chi connectivity index (χ1n) is 9.51. The van der Waals surface area contributed by atoms with Gasteiger partial charge in [-0.15, -0.1) is 0 Å². The summed E-state index contributed by atoms with van der Waals surface area (Å²) < 4.78 is 0. The third kappa shape index (κ3) is 5.04. The van der Waals surface area contributed by atoms with Crippen LogP contribution in [0.4, 0.5) is 11.6 Å². The van der Waals surface area contributed by atoms with Crippen molar-refractivity contribution >= 4 is 17.5 Å². The van der Waals surface area contributed by atoms with Crippen LogP contribution in [0.15, 0.2) is 24.3 Å². The summed E-state index contributed by atoms with van der Waals surface area (Å²) >= 11 is 0. The lowest BCUT2D eigenvalue weighted by atomic mass is 10.1. The molecule has 2 N–H and O–H groups in total. The highest BCUT2D eigenvalue weighted by atomic mass is 16.1. The summed E-state index contributed by atoms with van der Waals surface area (Å²) in [6.45, 7) is 5.94. The van der Waals surface area contributed by atoms with Gasteiger partial charge in [-0.25, -0.2) is 9.97 Å². The highest BCUT2D eigenvalue weighted by molar-refractivity contribution is 6.03. The summed E-state index contributed by atoms with van der Waals surface area (Å²) in [6.07, 6.45) is 7.36. The number of carbonyl (C=O) groups excluding carboxylic acids is 1. The first-order chi connectivity index (χ1) is 12.5. The van der Waals surface area contributed by atoms with E-state index in [0.29, 0.717) is 17.7 Å². The molecule has 1 aliphatic rings. The van der Waals surface area contributed by atoms with Gasteiger partial charge in [-0.05, 0) is 62.9 Å². The minimum absolute atomic E-state index is 0.204. The van der Waals surface area contributed by atoms with Crippen LogP contribution in [0, 0.1) is 20.8 Å². The Bertz CT molecular complexity index is 759. The Balaban J connectivity index is 1.74. The van der Waals surface area contributed by atoms with Crippen LogP contribution in [0.3, 0.4) is 0 Å². The Morgan fingerprint density at radius 3 is 2.23 bits per heavy atom. The molecular weight excluding hydrogens is 324 g/mol. The molecule has 5 heteroatoms. The second-order valence-electron chi connectivity index (χ2n) is 7.38. The van der Waals surface area contributed by atoms with Crippen LogP contribution in [0.2, 0.25) is 0 Å². The van der Waals surface area contributed by atoms with Crippen LogP contribution in [0.5, 0.6) is 0 Å². The van der Waals surface area contributed by atoms with Crippen molar-refractivity contribution in [1.29, 1.82) is 0 Å². The van der Waals surface area contributed by atoms with Crippen molar-refractivity contribution < 1.29 is 4.79 Å². The molecule has 1 aromatic heterocycles. The van der Waals surface area contributed by atoms with E-state index in [1.165, 1.54) is 25.7 Å². The van der Waals surface area contributed by atoms with Crippen molar-refractivity contribution in [2.24, 2.45) is 0 Å². The standard InChI is InChI=1S/C21H28N4O/c1-14-10-15(2)12-18(11-14)23-20(26)19-13-16(3)22-21(25-19)24-17-8-6-4-5-7-9-17/h10-13,17H,4-9H2,1-3H3,(H,23,26)(H,22,24,25). The topological polar surface area (TPSA) is 66.9 Å². The molecule has 1 fully saturated rings. The summed E-state index contributed by atoms with van der Waals surface area (Å²) in [4.78, 5) is 21.6. The van der Waals surface area contributed by atoms with Gasteiger partial charge >= 0.3 is 0 Å². The van der Waals surface area contributed by atoms with Gasteiger partial charge in [0.25, 0.3) is 5.91 Å². The normalized spacial score (nSPS) is 15.3. The molecule has 2 aromatic rings. The van der Waals surface area contributed by atoms with Crippen molar-refractivity contribution in [2.75, 3.05) is 10.6 Å². The van der Waals surface area contributed by atoms with Gasteiger partial charge in [0.2, 0.25) is 5.95 Å². The lowest BCUT2D eigenvalue weighted by Crippen LogP contribution is -2.22. The average molecular weight is 352 g/mol. The van der Waals surface area contributed by atoms with E-state index < -0.39 is 0 Å². The monoisotopic (exact) mass is 352 g/mol. The van der Waals surface area contributed by atoms with Gasteiger partial charge in [0.1, 0.15) is 5.69 Å². The molecule has 5 nitrogen and oxygen atoms in total. The summed E-state index contributed by atoms with van der Waals surface area (Å²) in [6, 6.07) is 8.14. The van der Waals surface area contributed by atoms with Crippen molar-refractivity contribution in [3.05, 3.63) is 46.8 Å². The summed E-state index contributed by atoms with van der Waals surface area (Å²) in [5.41, 5.74) is 4.22. The van der Waals surface area contributed by atoms with E-state index in [9.17, 15) is 4.79 Å². The number of benzene rings is 1. The lowest BCUT2D eigenvalue weighted by Gasteiger charge is -2.17. The fourth-order valence-corrected chi connectivity index (χ4v) is 3.60. The number of carbonyl (C=O) groups is 1. The fraction of sp³-hybridized carbons (Fsp3) is 0.476. The number of nitrogens with zero attached hydrogens (tertiary/aromatic N) is 2. The molecule has 138 valence electrons. The van der Waals surface area contributed by atoms with E-state index in [-0.39, 0.29) is 5.91 Å². The fourth-order valence-electron chi connectivity index (χ4n) is 3.60. The number of amides is 1. The lowest BCUT2D eigenvalue weighted by molar-refractivity contribution is 0.102. The SMILES string of the molecule is Cc1cc(C)cc(NC(=O)c2cc(C)nc(NC3CCCCCC3)n2)c1. The second kappa shape index (κ2) is 8.30. The summed E-state index contributed by atoms with van der Waals surface area (Å²) in [7, 11) is 0. The Labute approximate surface area is 155 Å². The van der Waals surface area contributed by atoms with Gasteiger partial charge in [0, 0.05) is 17.4 Å². The zero-order chi connectivity index (χ0) is 18.5. The quantitative estimate of drug-likeness (QED) is 0.777. The Kier molecular flexibility index (Phi) is 5.86. The third-order valence-corrected chi connectivity index (χ3v) is 4.75. The third-order valence-electron chi connectivity index (χ3n) is 4.75. The number of hydrogen-bond acceptors (Lipinski definition) is 4. The van der Waals surface area contributed by atoms with Crippen LogP contribution in [0.25, 0.3) is 0 Å². The minimum atomic E-state index is -0.204. The molecule has 0 saturated heterocycles. The van der Waals surface area contributed by atoms with E-state index in [2.05, 4.69) is 26.7 Å². The van der Waals surface area contributed by atoms with Crippen molar-refractivity contribution in [2.45, 2.75) is 65.3 Å². The second-order valence-corrected chi connectivity index (χ2v) is 7.38. The Morgan fingerprint density at radius 1 is 0.923 bits per heavy atom. The predicted octanol–water partition coefficient (Wildman–Crippen LogP) is 4.79. The Hall–Kier alpha value is -2.43. The largest absolute Gasteiger partial charge is 0.351 e. The highest BCUT2D eigenvalue weighted by Gasteiger charge is 2.16. The van der Waals surface area contributed by atoms with Gasteiger partial charge in [0.15, 0.2) is 0 Å². The van der Waals surface area contributed by atoms with Crippen molar-refractivity contribution in [1.82, 2.24) is 9.97 Å². The van der Waals surface area contributed by atoms with Crippen LogP contribution < -0.4 is 10.6 Å². The predicted molar refractivity (Wildman–Crippen MR) is 106 cm³/mol. The first kappa shape index (κ1) is 18.4. The maximum absolute atomic E-state index is 12.7. The molecule has 0 bridgehead atoms. The maximum atomic E-state index is 12.7. The molecule has 0 radical (unpaired) electrons. The van der Waals surface area contributed by atoms with Gasteiger partial charge in [-0.3, -0.25) is 4.79 Å². The molecule has 1 aromatic carbocycles. The maximum Gasteiger partial charge on any atom is 0.274 e. The zero-order valence-electron chi connectivity index (χ0n) is 15.9.